The molecule has 2 N–H and O–H groups in total. The summed E-state index contributed by atoms with van der Waals surface area (Å²) in [6.45, 7) is 8.56. The number of nitrogens with one attached hydrogen (secondary N) is 2. The van der Waals surface area contributed by atoms with E-state index in [4.69, 9.17) is 0 Å². The number of carbonyl (C=O) groups is 2. The van der Waals surface area contributed by atoms with Gasteiger partial charge in [-0.3, -0.25) is 9.59 Å². The maximum atomic E-state index is 12.2. The van der Waals surface area contributed by atoms with Gasteiger partial charge in [0.2, 0.25) is 5.91 Å². The minimum atomic E-state index is -0.177. The van der Waals surface area contributed by atoms with Crippen LogP contribution in [0.2, 0.25) is 0 Å². The molecule has 0 saturated carbocycles. The predicted molar refractivity (Wildman–Crippen MR) is 98.8 cm³/mol. The molecule has 2 rings (SSSR count). The highest BCUT2D eigenvalue weighted by atomic mass is 32.2. The van der Waals surface area contributed by atoms with E-state index in [0.717, 1.165) is 5.82 Å². The van der Waals surface area contributed by atoms with Gasteiger partial charge >= 0.3 is 0 Å². The zero-order chi connectivity index (χ0) is 18.2. The van der Waals surface area contributed by atoms with E-state index in [1.165, 1.54) is 11.8 Å². The number of thioether (sulfide) groups is 1. The second-order valence-electron chi connectivity index (χ2n) is 5.21. The Labute approximate surface area is 150 Å². The molecule has 0 radical (unpaired) electrons. The van der Waals surface area contributed by atoms with Gasteiger partial charge in [0.05, 0.1) is 5.75 Å². The first kappa shape index (κ1) is 18.7. The van der Waals surface area contributed by atoms with Crippen LogP contribution in [0.25, 0.3) is 0 Å². The standard InChI is InChI=1S/C17H21N5O2S/c1-4-9-22-12(3)20-21-17(22)25-11-15(23)19-14-8-6-7-13(10-14)16(24)18-5-2/h4,6-8,10H,1,5,9,11H2,2-3H3,(H,18,24)(H,19,23). The van der Waals surface area contributed by atoms with Crippen LogP contribution in [0, 0.1) is 6.92 Å². The molecule has 0 bridgehead atoms. The van der Waals surface area contributed by atoms with E-state index in [2.05, 4.69) is 27.4 Å². The zero-order valence-electron chi connectivity index (χ0n) is 14.3. The fraction of sp³-hybridized carbons (Fsp3) is 0.294. The van der Waals surface area contributed by atoms with Crippen molar-refractivity contribution in [2.24, 2.45) is 0 Å². The number of allylic oxidation sites excluding steroid dienone is 1. The quantitative estimate of drug-likeness (QED) is 0.557. The van der Waals surface area contributed by atoms with Crippen LogP contribution in [0.5, 0.6) is 0 Å². The van der Waals surface area contributed by atoms with Gasteiger partial charge in [-0.1, -0.05) is 23.9 Å². The lowest BCUT2D eigenvalue weighted by atomic mass is 10.2. The molecule has 0 atom stereocenters. The van der Waals surface area contributed by atoms with Gasteiger partial charge in [-0.25, -0.2) is 0 Å². The Morgan fingerprint density at radius 2 is 2.16 bits per heavy atom. The van der Waals surface area contributed by atoms with Crippen LogP contribution < -0.4 is 10.6 Å². The third-order valence-corrected chi connectivity index (χ3v) is 4.26. The Kier molecular flexibility index (Phi) is 6.76. The summed E-state index contributed by atoms with van der Waals surface area (Å²) >= 11 is 1.30. The third kappa shape index (κ3) is 5.18. The number of nitrogens with zero attached hydrogens (tertiary/aromatic N) is 3. The SMILES string of the molecule is C=CCn1c(C)nnc1SCC(=O)Nc1cccc(C(=O)NCC)c1. The van der Waals surface area contributed by atoms with Crippen molar-refractivity contribution in [2.75, 3.05) is 17.6 Å². The highest BCUT2D eigenvalue weighted by molar-refractivity contribution is 7.99. The van der Waals surface area contributed by atoms with Crippen LogP contribution in [-0.4, -0.2) is 38.9 Å². The zero-order valence-corrected chi connectivity index (χ0v) is 15.1. The van der Waals surface area contributed by atoms with Gasteiger partial charge in [-0.05, 0) is 32.0 Å². The summed E-state index contributed by atoms with van der Waals surface area (Å²) in [5, 5.41) is 14.3. The molecule has 1 aromatic carbocycles. The van der Waals surface area contributed by atoms with E-state index in [1.807, 2.05) is 18.4 Å². The summed E-state index contributed by atoms with van der Waals surface area (Å²) in [5.74, 6) is 0.628. The minimum absolute atomic E-state index is 0.166. The number of aryl methyl sites for hydroxylation is 1. The second kappa shape index (κ2) is 9.03. The lowest BCUT2D eigenvalue weighted by Crippen LogP contribution is -2.23. The maximum Gasteiger partial charge on any atom is 0.251 e. The van der Waals surface area contributed by atoms with Gasteiger partial charge in [0, 0.05) is 24.3 Å². The Bertz CT molecular complexity index is 772. The van der Waals surface area contributed by atoms with Crippen LogP contribution >= 0.6 is 11.8 Å². The highest BCUT2D eigenvalue weighted by Gasteiger charge is 2.12. The van der Waals surface area contributed by atoms with Gasteiger partial charge in [0.1, 0.15) is 5.82 Å². The average molecular weight is 359 g/mol. The third-order valence-electron chi connectivity index (χ3n) is 3.29. The molecule has 0 aliphatic rings. The first-order valence-corrected chi connectivity index (χ1v) is 8.85. The fourth-order valence-corrected chi connectivity index (χ4v) is 2.93. The van der Waals surface area contributed by atoms with Crippen LogP contribution in [0.4, 0.5) is 5.69 Å². The van der Waals surface area contributed by atoms with Crippen LogP contribution in [-0.2, 0) is 11.3 Å². The van der Waals surface area contributed by atoms with Crippen molar-refractivity contribution in [1.82, 2.24) is 20.1 Å². The van der Waals surface area contributed by atoms with E-state index in [-0.39, 0.29) is 17.6 Å². The van der Waals surface area contributed by atoms with Gasteiger partial charge < -0.3 is 15.2 Å². The van der Waals surface area contributed by atoms with Crippen molar-refractivity contribution in [1.29, 1.82) is 0 Å². The molecule has 1 heterocycles. The molecular weight excluding hydrogens is 338 g/mol. The Balaban J connectivity index is 1.96. The van der Waals surface area contributed by atoms with Crippen LogP contribution in [0.15, 0.2) is 42.1 Å². The summed E-state index contributed by atoms with van der Waals surface area (Å²) in [6.07, 6.45) is 1.76. The largest absolute Gasteiger partial charge is 0.352 e. The summed E-state index contributed by atoms with van der Waals surface area (Å²) in [6, 6.07) is 6.83. The van der Waals surface area contributed by atoms with Crippen molar-refractivity contribution in [3.63, 3.8) is 0 Å². The van der Waals surface area contributed by atoms with E-state index >= 15 is 0 Å². The van der Waals surface area contributed by atoms with Gasteiger partial charge in [-0.2, -0.15) is 0 Å². The van der Waals surface area contributed by atoms with E-state index in [9.17, 15) is 9.59 Å². The summed E-state index contributed by atoms with van der Waals surface area (Å²) < 4.78 is 1.89. The number of hydrogen-bond acceptors (Lipinski definition) is 5. The molecule has 0 aliphatic carbocycles. The molecule has 0 aliphatic heterocycles. The molecule has 2 amide bonds. The van der Waals surface area contributed by atoms with Crippen molar-refractivity contribution in [3.05, 3.63) is 48.3 Å². The lowest BCUT2D eigenvalue weighted by Gasteiger charge is -2.08. The number of aromatic nitrogens is 3. The minimum Gasteiger partial charge on any atom is -0.352 e. The van der Waals surface area contributed by atoms with Gasteiger partial charge in [0.25, 0.3) is 5.91 Å². The summed E-state index contributed by atoms with van der Waals surface area (Å²) in [4.78, 5) is 24.0. The number of rotatable bonds is 8. The molecule has 25 heavy (non-hydrogen) atoms. The average Bonchev–Trinajstić information content (AvgIpc) is 2.94. The van der Waals surface area contributed by atoms with Crippen molar-refractivity contribution < 1.29 is 9.59 Å². The molecule has 0 unspecified atom stereocenters. The normalized spacial score (nSPS) is 10.3. The summed E-state index contributed by atoms with van der Waals surface area (Å²) in [5.41, 5.74) is 1.09. The first-order valence-electron chi connectivity index (χ1n) is 7.86. The monoisotopic (exact) mass is 359 g/mol. The van der Waals surface area contributed by atoms with E-state index in [0.29, 0.717) is 29.5 Å². The molecular formula is C17H21N5O2S. The van der Waals surface area contributed by atoms with Crippen LogP contribution in [0.3, 0.4) is 0 Å². The molecule has 7 nitrogen and oxygen atoms in total. The van der Waals surface area contributed by atoms with Crippen LogP contribution in [0.1, 0.15) is 23.1 Å². The maximum absolute atomic E-state index is 12.2. The number of carbonyl (C=O) groups excluding carboxylic acids is 2. The molecule has 0 spiro atoms. The Morgan fingerprint density at radius 3 is 2.88 bits per heavy atom. The van der Waals surface area contributed by atoms with Gasteiger partial charge in [0.15, 0.2) is 5.16 Å². The molecule has 0 fully saturated rings. The predicted octanol–water partition coefficient (Wildman–Crippen LogP) is 2.25. The van der Waals surface area contributed by atoms with Crippen molar-refractivity contribution in [3.8, 4) is 0 Å². The number of anilines is 1. The molecule has 132 valence electrons. The number of benzene rings is 1. The molecule has 1 aromatic heterocycles. The number of hydrogen-bond donors (Lipinski definition) is 2. The second-order valence-corrected chi connectivity index (χ2v) is 6.15. The lowest BCUT2D eigenvalue weighted by molar-refractivity contribution is -0.113. The molecule has 0 saturated heterocycles. The van der Waals surface area contributed by atoms with Crippen molar-refractivity contribution >= 4 is 29.3 Å². The highest BCUT2D eigenvalue weighted by Crippen LogP contribution is 2.18. The van der Waals surface area contributed by atoms with Gasteiger partial charge in [-0.15, -0.1) is 16.8 Å². The Morgan fingerprint density at radius 1 is 1.36 bits per heavy atom. The van der Waals surface area contributed by atoms with E-state index < -0.39 is 0 Å². The Hall–Kier alpha value is -2.61. The smallest absolute Gasteiger partial charge is 0.251 e. The molecule has 2 aromatic rings. The molecule has 8 heteroatoms. The number of amides is 2. The summed E-state index contributed by atoms with van der Waals surface area (Å²) in [7, 11) is 0. The fourth-order valence-electron chi connectivity index (χ4n) is 2.14. The first-order chi connectivity index (χ1) is 12.0. The van der Waals surface area contributed by atoms with Crippen molar-refractivity contribution in [2.45, 2.75) is 25.5 Å². The topological polar surface area (TPSA) is 88.9 Å². The van der Waals surface area contributed by atoms with E-state index in [1.54, 1.807) is 30.3 Å².